The zero-order valence-electron chi connectivity index (χ0n) is 14.5. The smallest absolute Gasteiger partial charge is 0.0991 e. The van der Waals surface area contributed by atoms with Gasteiger partial charge in [0.2, 0.25) is 0 Å². The predicted octanol–water partition coefficient (Wildman–Crippen LogP) is 3.92. The molecule has 25 heavy (non-hydrogen) atoms. The van der Waals surface area contributed by atoms with Crippen molar-refractivity contribution in [3.63, 3.8) is 0 Å². The summed E-state index contributed by atoms with van der Waals surface area (Å²) >= 11 is 4.05. The molecule has 130 valence electrons. The number of hydrogen-bond donors (Lipinski definition) is 1. The monoisotopic (exact) mass is 351 g/mol. The highest BCUT2D eigenvalue weighted by Gasteiger charge is 2.19. The number of piperidine rings is 1. The molecule has 1 saturated heterocycles. The van der Waals surface area contributed by atoms with Crippen LogP contribution < -0.4 is 5.73 Å². The fraction of sp³-hybridized carbons (Fsp3) is 0.333. The molecule has 0 radical (unpaired) electrons. The summed E-state index contributed by atoms with van der Waals surface area (Å²) in [5.74, 6) is 0.819. The molecule has 0 aromatic heterocycles. The van der Waals surface area contributed by atoms with Crippen LogP contribution in [0.5, 0.6) is 0 Å². The van der Waals surface area contributed by atoms with Crippen LogP contribution in [0.3, 0.4) is 0 Å². The molecule has 0 amide bonds. The van der Waals surface area contributed by atoms with Gasteiger partial charge in [0.15, 0.2) is 0 Å². The van der Waals surface area contributed by atoms with E-state index in [0.29, 0.717) is 0 Å². The van der Waals surface area contributed by atoms with Gasteiger partial charge in [-0.1, -0.05) is 54.7 Å². The van der Waals surface area contributed by atoms with Gasteiger partial charge < -0.3 is 5.73 Å². The number of hydrogen-bond acceptors (Lipinski definition) is 3. The third-order valence-corrected chi connectivity index (χ3v) is 4.56. The Morgan fingerprint density at radius 3 is 2.20 bits per heavy atom. The average molecular weight is 352 g/mol. The lowest BCUT2D eigenvalue weighted by atomic mass is 9.90. The second-order valence-electron chi connectivity index (χ2n) is 6.35. The van der Waals surface area contributed by atoms with Crippen molar-refractivity contribution in [3.8, 4) is 6.07 Å². The molecule has 0 aliphatic carbocycles. The Hall–Kier alpha value is -2.22. The molecule has 1 fully saturated rings. The molecular weight excluding hydrogens is 326 g/mol. The normalized spacial score (nSPS) is 14.8. The van der Waals surface area contributed by atoms with Crippen molar-refractivity contribution in [1.82, 2.24) is 4.90 Å². The minimum absolute atomic E-state index is 0.741. The molecule has 1 aliphatic heterocycles. The zero-order valence-corrected chi connectivity index (χ0v) is 15.3. The molecule has 0 unspecified atom stereocenters. The van der Waals surface area contributed by atoms with Gasteiger partial charge in [-0.2, -0.15) is 5.26 Å². The van der Waals surface area contributed by atoms with Crippen molar-refractivity contribution < 1.29 is 0 Å². The first-order chi connectivity index (χ1) is 12.2. The Morgan fingerprint density at radius 2 is 1.64 bits per heavy atom. The lowest BCUT2D eigenvalue weighted by molar-refractivity contribution is 0.177. The van der Waals surface area contributed by atoms with Gasteiger partial charge in [-0.05, 0) is 61.5 Å². The minimum Gasteiger partial charge on any atom is -0.396 e. The maximum absolute atomic E-state index is 8.84. The van der Waals surface area contributed by atoms with E-state index in [9.17, 15) is 0 Å². The quantitative estimate of drug-likeness (QED) is 0.849. The molecule has 0 atom stereocenters. The van der Waals surface area contributed by atoms with Crippen molar-refractivity contribution in [2.24, 2.45) is 11.7 Å². The first kappa shape index (κ1) is 19.1. The van der Waals surface area contributed by atoms with Crippen LogP contribution in [-0.4, -0.2) is 23.5 Å². The third kappa shape index (κ3) is 6.66. The van der Waals surface area contributed by atoms with Gasteiger partial charge in [0.05, 0.1) is 17.1 Å². The van der Waals surface area contributed by atoms with Gasteiger partial charge in [-0.15, -0.1) is 0 Å². The van der Waals surface area contributed by atoms with Gasteiger partial charge in [0, 0.05) is 6.54 Å². The molecular formula is C21H25N3S. The van der Waals surface area contributed by atoms with Crippen LogP contribution in [0.15, 0.2) is 54.6 Å². The molecule has 1 heterocycles. The Kier molecular flexibility index (Phi) is 8.11. The number of nitriles is 1. The highest BCUT2D eigenvalue weighted by molar-refractivity contribution is 7.78. The van der Waals surface area contributed by atoms with Crippen molar-refractivity contribution >= 4 is 17.7 Å². The van der Waals surface area contributed by atoms with E-state index < -0.39 is 0 Å². The second kappa shape index (κ2) is 10.6. The molecule has 0 saturated carbocycles. The maximum Gasteiger partial charge on any atom is 0.0991 e. The Labute approximate surface area is 156 Å². The predicted molar refractivity (Wildman–Crippen MR) is 107 cm³/mol. The summed E-state index contributed by atoms with van der Waals surface area (Å²) in [6, 6.07) is 21.0. The summed E-state index contributed by atoms with van der Waals surface area (Å²) in [7, 11) is 0. The molecule has 2 aromatic rings. The number of nitrogens with zero attached hydrogens (tertiary/aromatic N) is 2. The molecule has 1 aliphatic rings. The van der Waals surface area contributed by atoms with Crippen molar-refractivity contribution in [2.75, 3.05) is 13.1 Å². The van der Waals surface area contributed by atoms with Crippen molar-refractivity contribution in [3.05, 3.63) is 71.3 Å². The van der Waals surface area contributed by atoms with E-state index in [1.807, 2.05) is 12.1 Å². The SMILES string of the molecule is N#Cc1ccc(CN2CCC(Cc3ccccc3)CC2)cc1.NC=S. The average Bonchev–Trinajstić information content (AvgIpc) is 2.65. The summed E-state index contributed by atoms with van der Waals surface area (Å²) in [6.07, 6.45) is 3.78. The van der Waals surface area contributed by atoms with Crippen LogP contribution in [0.25, 0.3) is 0 Å². The summed E-state index contributed by atoms with van der Waals surface area (Å²) in [5.41, 5.74) is 9.13. The summed E-state index contributed by atoms with van der Waals surface area (Å²) < 4.78 is 0. The van der Waals surface area contributed by atoms with E-state index in [1.165, 1.54) is 43.5 Å². The maximum atomic E-state index is 8.84. The summed E-state index contributed by atoms with van der Waals surface area (Å²) in [4.78, 5) is 2.53. The third-order valence-electron chi connectivity index (χ3n) is 4.56. The number of likely N-dealkylation sites (tertiary alicyclic amines) is 1. The fourth-order valence-corrected chi connectivity index (χ4v) is 3.24. The van der Waals surface area contributed by atoms with Crippen LogP contribution >= 0.6 is 12.2 Å². The largest absolute Gasteiger partial charge is 0.396 e. The lowest BCUT2D eigenvalue weighted by Crippen LogP contribution is -2.33. The highest BCUT2D eigenvalue weighted by Crippen LogP contribution is 2.22. The molecule has 0 bridgehead atoms. The summed E-state index contributed by atoms with van der Waals surface area (Å²) in [5, 5.41) is 8.84. The molecule has 4 heteroatoms. The van der Waals surface area contributed by atoms with Gasteiger partial charge >= 0.3 is 0 Å². The highest BCUT2D eigenvalue weighted by atomic mass is 32.1. The first-order valence-corrected chi connectivity index (χ1v) is 9.13. The lowest BCUT2D eigenvalue weighted by Gasteiger charge is -2.32. The topological polar surface area (TPSA) is 53.0 Å². The van der Waals surface area contributed by atoms with Crippen LogP contribution in [0.2, 0.25) is 0 Å². The van der Waals surface area contributed by atoms with Crippen molar-refractivity contribution in [2.45, 2.75) is 25.8 Å². The summed E-state index contributed by atoms with van der Waals surface area (Å²) in [6.45, 7) is 3.36. The van der Waals surface area contributed by atoms with Crippen molar-refractivity contribution in [1.29, 1.82) is 5.26 Å². The standard InChI is InChI=1S/C20H22N2.CH3NS/c21-15-19-6-8-20(9-7-19)16-22-12-10-18(11-13-22)14-17-4-2-1-3-5-17;2-1-3/h1-9,18H,10-14,16H2;1H,(H2,2,3). The molecule has 0 spiro atoms. The number of benzene rings is 2. The van der Waals surface area contributed by atoms with Gasteiger partial charge in [0.1, 0.15) is 0 Å². The molecule has 3 nitrogen and oxygen atoms in total. The van der Waals surface area contributed by atoms with E-state index in [2.05, 4.69) is 71.4 Å². The Bertz CT molecular complexity index is 669. The van der Waals surface area contributed by atoms with E-state index in [4.69, 9.17) is 5.26 Å². The van der Waals surface area contributed by atoms with E-state index >= 15 is 0 Å². The van der Waals surface area contributed by atoms with Crippen LogP contribution in [0, 0.1) is 17.2 Å². The fourth-order valence-electron chi connectivity index (χ4n) is 3.24. The number of rotatable bonds is 4. The Morgan fingerprint density at radius 1 is 1.04 bits per heavy atom. The van der Waals surface area contributed by atoms with Crippen LogP contribution in [0.1, 0.15) is 29.5 Å². The van der Waals surface area contributed by atoms with Crippen LogP contribution in [0.4, 0.5) is 0 Å². The van der Waals surface area contributed by atoms with E-state index in [0.717, 1.165) is 23.5 Å². The molecule has 2 aromatic carbocycles. The minimum atomic E-state index is 0.741. The van der Waals surface area contributed by atoms with Gasteiger partial charge in [0.25, 0.3) is 0 Å². The van der Waals surface area contributed by atoms with Gasteiger partial charge in [-0.25, -0.2) is 0 Å². The molecule has 3 rings (SSSR count). The van der Waals surface area contributed by atoms with Gasteiger partial charge in [-0.3, -0.25) is 4.90 Å². The van der Waals surface area contributed by atoms with E-state index in [1.54, 1.807) is 0 Å². The van der Waals surface area contributed by atoms with E-state index in [-0.39, 0.29) is 0 Å². The van der Waals surface area contributed by atoms with Crippen LogP contribution in [-0.2, 0) is 13.0 Å². The first-order valence-electron chi connectivity index (χ1n) is 8.66. The second-order valence-corrected chi connectivity index (χ2v) is 6.63. The zero-order chi connectivity index (χ0) is 17.9. The Balaban J connectivity index is 0.000000701. The number of nitrogens with two attached hydrogens (primary N) is 1. The number of thiocarbonyl (C=S) groups is 1. The molecule has 2 N–H and O–H groups in total.